The molecule has 1 saturated heterocycles. The standard InChI is InChI=1S/C19H19N3OS/c23-18-17(24-19(21-18)20-15-6-2-1-3-7-15)12-14-10-11-22(13-14)16-8-4-5-9-16/h1-3,6-7,10-13,16H,4-5,8-9H2,(H,20,21,23)/b17-12+. The molecule has 1 aliphatic heterocycles. The number of aromatic nitrogens is 1. The van der Waals surface area contributed by atoms with Gasteiger partial charge in [-0.25, -0.2) is 4.99 Å². The lowest BCUT2D eigenvalue weighted by Crippen LogP contribution is -2.19. The van der Waals surface area contributed by atoms with Crippen LogP contribution in [0.3, 0.4) is 0 Å². The Labute approximate surface area is 145 Å². The van der Waals surface area contributed by atoms with E-state index in [0.29, 0.717) is 16.1 Å². The van der Waals surface area contributed by atoms with E-state index >= 15 is 0 Å². The minimum atomic E-state index is -0.0803. The van der Waals surface area contributed by atoms with E-state index in [1.54, 1.807) is 0 Å². The second-order valence-corrected chi connectivity index (χ2v) is 7.18. The number of amides is 1. The van der Waals surface area contributed by atoms with Gasteiger partial charge in [0.1, 0.15) is 0 Å². The van der Waals surface area contributed by atoms with E-state index in [-0.39, 0.29) is 5.91 Å². The van der Waals surface area contributed by atoms with E-state index in [0.717, 1.165) is 11.3 Å². The van der Waals surface area contributed by atoms with Crippen molar-refractivity contribution in [3.05, 3.63) is 59.3 Å². The van der Waals surface area contributed by atoms with Crippen LogP contribution in [0.5, 0.6) is 0 Å². The highest BCUT2D eigenvalue weighted by atomic mass is 32.2. The van der Waals surface area contributed by atoms with E-state index in [2.05, 4.69) is 33.3 Å². The first-order chi connectivity index (χ1) is 11.8. The Morgan fingerprint density at radius 2 is 1.96 bits per heavy atom. The van der Waals surface area contributed by atoms with Crippen LogP contribution in [0.2, 0.25) is 0 Å². The van der Waals surface area contributed by atoms with Crippen molar-refractivity contribution in [3.63, 3.8) is 0 Å². The van der Waals surface area contributed by atoms with Crippen molar-refractivity contribution >= 4 is 34.6 Å². The maximum Gasteiger partial charge on any atom is 0.264 e. The van der Waals surface area contributed by atoms with Crippen LogP contribution < -0.4 is 5.32 Å². The third kappa shape index (κ3) is 3.31. The average Bonchev–Trinajstić information content (AvgIpc) is 3.31. The normalized spacial score (nSPS) is 21.8. The smallest absolute Gasteiger partial charge is 0.264 e. The van der Waals surface area contributed by atoms with Gasteiger partial charge in [-0.3, -0.25) is 4.79 Å². The van der Waals surface area contributed by atoms with Gasteiger partial charge in [0.15, 0.2) is 5.17 Å². The molecule has 4 rings (SSSR count). The topological polar surface area (TPSA) is 46.4 Å². The monoisotopic (exact) mass is 337 g/mol. The number of carbonyl (C=O) groups excluding carboxylic acids is 1. The first-order valence-corrected chi connectivity index (χ1v) is 9.12. The molecule has 5 heteroatoms. The van der Waals surface area contributed by atoms with Crippen LogP contribution >= 0.6 is 11.8 Å². The molecule has 122 valence electrons. The lowest BCUT2D eigenvalue weighted by Gasteiger charge is -2.10. The molecule has 4 nitrogen and oxygen atoms in total. The van der Waals surface area contributed by atoms with Gasteiger partial charge in [-0.1, -0.05) is 31.0 Å². The Kier molecular flexibility index (Phi) is 4.26. The fraction of sp³-hybridized carbons (Fsp3) is 0.263. The fourth-order valence-corrected chi connectivity index (χ4v) is 4.04. The highest BCUT2D eigenvalue weighted by molar-refractivity contribution is 8.18. The van der Waals surface area contributed by atoms with Gasteiger partial charge < -0.3 is 9.88 Å². The molecule has 1 saturated carbocycles. The third-order valence-corrected chi connectivity index (χ3v) is 5.33. The average molecular weight is 337 g/mol. The maximum atomic E-state index is 12.2. The van der Waals surface area contributed by atoms with E-state index in [1.165, 1.54) is 37.4 Å². The van der Waals surface area contributed by atoms with Crippen LogP contribution in [0.1, 0.15) is 37.3 Å². The minimum absolute atomic E-state index is 0.0803. The quantitative estimate of drug-likeness (QED) is 0.839. The number of amidine groups is 1. The first-order valence-electron chi connectivity index (χ1n) is 8.30. The lowest BCUT2D eigenvalue weighted by atomic mass is 10.2. The molecule has 2 heterocycles. The molecule has 0 bridgehead atoms. The number of hydrogen-bond donors (Lipinski definition) is 1. The molecule has 0 unspecified atom stereocenters. The third-order valence-electron chi connectivity index (χ3n) is 4.42. The van der Waals surface area contributed by atoms with Crippen molar-refractivity contribution in [1.82, 2.24) is 9.88 Å². The number of carbonyl (C=O) groups is 1. The van der Waals surface area contributed by atoms with Gasteiger partial charge in [0, 0.05) is 18.4 Å². The predicted octanol–water partition coefficient (Wildman–Crippen LogP) is 4.49. The first kappa shape index (κ1) is 15.3. The summed E-state index contributed by atoms with van der Waals surface area (Å²) in [5.74, 6) is -0.0803. The van der Waals surface area contributed by atoms with Gasteiger partial charge >= 0.3 is 0 Å². The number of aliphatic imine (C=N–C) groups is 1. The Bertz CT molecular complexity index is 801. The number of rotatable bonds is 3. The molecule has 0 spiro atoms. The van der Waals surface area contributed by atoms with Crippen molar-refractivity contribution in [3.8, 4) is 0 Å². The molecular weight excluding hydrogens is 318 g/mol. The van der Waals surface area contributed by atoms with Gasteiger partial charge in [0.25, 0.3) is 5.91 Å². The van der Waals surface area contributed by atoms with Crippen molar-refractivity contribution < 1.29 is 4.79 Å². The zero-order valence-corrected chi connectivity index (χ0v) is 14.1. The van der Waals surface area contributed by atoms with Gasteiger partial charge in [-0.05, 0) is 54.4 Å². The minimum Gasteiger partial charge on any atom is -0.351 e. The Morgan fingerprint density at radius 3 is 2.75 bits per heavy atom. The van der Waals surface area contributed by atoms with Crippen molar-refractivity contribution in [1.29, 1.82) is 0 Å². The van der Waals surface area contributed by atoms with Crippen LogP contribution in [0, 0.1) is 0 Å². The number of thioether (sulfide) groups is 1. The van der Waals surface area contributed by atoms with Crippen LogP contribution in [-0.2, 0) is 4.79 Å². The summed E-state index contributed by atoms with van der Waals surface area (Å²) in [5.41, 5.74) is 1.91. The molecular formula is C19H19N3OS. The van der Waals surface area contributed by atoms with Crippen LogP contribution in [-0.4, -0.2) is 15.6 Å². The molecule has 24 heavy (non-hydrogen) atoms. The van der Waals surface area contributed by atoms with Gasteiger partial charge in [0.2, 0.25) is 0 Å². The number of benzene rings is 1. The Hall–Kier alpha value is -2.27. The molecule has 2 aromatic rings. The SMILES string of the molecule is O=C1NC(=Nc2ccccc2)S/C1=C/c1ccn(C2CCCC2)c1. The second-order valence-electron chi connectivity index (χ2n) is 6.15. The van der Waals surface area contributed by atoms with Gasteiger partial charge in [0.05, 0.1) is 10.6 Å². The number of para-hydroxylation sites is 1. The zero-order valence-electron chi connectivity index (χ0n) is 13.3. The molecule has 1 N–H and O–H groups in total. The molecule has 2 fully saturated rings. The summed E-state index contributed by atoms with van der Waals surface area (Å²) in [4.78, 5) is 17.3. The Balaban J connectivity index is 1.51. The fourth-order valence-electron chi connectivity index (χ4n) is 3.20. The van der Waals surface area contributed by atoms with Crippen molar-refractivity contribution in [2.75, 3.05) is 0 Å². The summed E-state index contributed by atoms with van der Waals surface area (Å²) in [6.45, 7) is 0. The molecule has 0 atom stereocenters. The number of hydrogen-bond acceptors (Lipinski definition) is 3. The number of nitrogens with zero attached hydrogens (tertiary/aromatic N) is 2. The summed E-state index contributed by atoms with van der Waals surface area (Å²) < 4.78 is 2.29. The highest BCUT2D eigenvalue weighted by Crippen LogP contribution is 2.31. The van der Waals surface area contributed by atoms with Gasteiger partial charge in [-0.2, -0.15) is 0 Å². The van der Waals surface area contributed by atoms with E-state index < -0.39 is 0 Å². The van der Waals surface area contributed by atoms with Crippen molar-refractivity contribution in [2.24, 2.45) is 4.99 Å². The van der Waals surface area contributed by atoms with Crippen LogP contribution in [0.15, 0.2) is 58.7 Å². The summed E-state index contributed by atoms with van der Waals surface area (Å²) in [6, 6.07) is 12.4. The molecule has 1 aliphatic carbocycles. The maximum absolute atomic E-state index is 12.2. The summed E-state index contributed by atoms with van der Waals surface area (Å²) in [6.07, 6.45) is 11.4. The summed E-state index contributed by atoms with van der Waals surface area (Å²) in [7, 11) is 0. The summed E-state index contributed by atoms with van der Waals surface area (Å²) >= 11 is 1.39. The highest BCUT2D eigenvalue weighted by Gasteiger charge is 2.24. The second kappa shape index (κ2) is 6.69. The molecule has 1 amide bonds. The summed E-state index contributed by atoms with van der Waals surface area (Å²) in [5, 5.41) is 3.47. The van der Waals surface area contributed by atoms with Gasteiger partial charge in [-0.15, -0.1) is 0 Å². The molecule has 0 radical (unpaired) electrons. The predicted molar refractivity (Wildman–Crippen MR) is 99.2 cm³/mol. The molecule has 1 aromatic carbocycles. The largest absolute Gasteiger partial charge is 0.351 e. The van der Waals surface area contributed by atoms with Crippen LogP contribution in [0.25, 0.3) is 6.08 Å². The molecule has 1 aromatic heterocycles. The van der Waals surface area contributed by atoms with Crippen molar-refractivity contribution in [2.45, 2.75) is 31.7 Å². The van der Waals surface area contributed by atoms with E-state index in [4.69, 9.17) is 0 Å². The zero-order chi connectivity index (χ0) is 16.4. The number of nitrogens with one attached hydrogen (secondary N) is 1. The van der Waals surface area contributed by atoms with Crippen LogP contribution in [0.4, 0.5) is 5.69 Å². The lowest BCUT2D eigenvalue weighted by molar-refractivity contribution is -0.115. The Morgan fingerprint density at radius 1 is 1.17 bits per heavy atom. The van der Waals surface area contributed by atoms with E-state index in [1.807, 2.05) is 36.4 Å². The van der Waals surface area contributed by atoms with E-state index in [9.17, 15) is 4.79 Å². The molecule has 2 aliphatic rings.